The normalized spacial score (nSPS) is 14.0. The lowest BCUT2D eigenvalue weighted by Crippen LogP contribution is -1.80. The monoisotopic (exact) mass is 375 g/mol. The summed E-state index contributed by atoms with van der Waals surface area (Å²) in [5, 5.41) is 3.06. The van der Waals surface area contributed by atoms with Gasteiger partial charge in [-0.2, -0.15) is 0 Å². The molecular formula is C24H15ClS. The van der Waals surface area contributed by atoms with Crippen molar-refractivity contribution in [2.24, 2.45) is 0 Å². The van der Waals surface area contributed by atoms with E-state index in [4.69, 9.17) is 18.5 Å². The lowest BCUT2D eigenvalue weighted by molar-refractivity contribution is 1.60. The molecule has 0 amide bonds. The van der Waals surface area contributed by atoms with E-state index in [0.29, 0.717) is 5.56 Å². The number of fused-ring (bicyclic) bond motifs is 3. The summed E-state index contributed by atoms with van der Waals surface area (Å²) < 4.78 is 42.2. The highest BCUT2D eigenvalue weighted by Gasteiger charge is 2.08. The third-order valence-electron chi connectivity index (χ3n) is 4.44. The zero-order chi connectivity index (χ0) is 21.9. The quantitative estimate of drug-likeness (QED) is 0.293. The Morgan fingerprint density at radius 3 is 2.08 bits per heavy atom. The number of rotatable bonds is 2. The summed E-state index contributed by atoms with van der Waals surface area (Å²) in [6.07, 6.45) is 0. The first-order chi connectivity index (χ1) is 14.8. The van der Waals surface area contributed by atoms with Crippen molar-refractivity contribution in [1.29, 1.82) is 0 Å². The van der Waals surface area contributed by atoms with E-state index < -0.39 is 0 Å². The van der Waals surface area contributed by atoms with Crippen LogP contribution in [0.25, 0.3) is 42.4 Å². The van der Waals surface area contributed by atoms with E-state index >= 15 is 0 Å². The molecule has 0 spiro atoms. The number of benzene rings is 4. The molecule has 1 aromatic heterocycles. The first-order valence-corrected chi connectivity index (χ1v) is 9.34. The first kappa shape index (κ1) is 11.2. The summed E-state index contributed by atoms with van der Waals surface area (Å²) >= 11 is 7.84. The van der Waals surface area contributed by atoms with Crippen molar-refractivity contribution in [3.63, 3.8) is 0 Å². The summed E-state index contributed by atoms with van der Waals surface area (Å²) in [4.78, 5) is 0. The van der Waals surface area contributed by atoms with E-state index in [1.807, 2.05) is 30.3 Å². The lowest BCUT2D eigenvalue weighted by atomic mass is 9.99. The van der Waals surface area contributed by atoms with Crippen LogP contribution < -0.4 is 0 Å². The van der Waals surface area contributed by atoms with E-state index in [2.05, 4.69) is 18.2 Å². The molecule has 124 valence electrons. The Balaban J connectivity index is 1.60. The number of hydrogen-bond donors (Lipinski definition) is 0. The zero-order valence-corrected chi connectivity index (χ0v) is 15.1. The highest BCUT2D eigenvalue weighted by molar-refractivity contribution is 7.25. The van der Waals surface area contributed by atoms with E-state index in [1.54, 1.807) is 23.5 Å². The number of halogens is 1. The summed E-state index contributed by atoms with van der Waals surface area (Å²) in [5.74, 6) is 0. The average molecular weight is 376 g/mol. The Kier molecular flexibility index (Phi) is 2.70. The Hall–Kier alpha value is -2.61. The maximum atomic E-state index is 8.17. The van der Waals surface area contributed by atoms with Gasteiger partial charge in [-0.3, -0.25) is 0 Å². The van der Waals surface area contributed by atoms with Crippen molar-refractivity contribution >= 4 is 43.1 Å². The molecule has 0 saturated heterocycles. The molecule has 0 N–H and O–H groups in total. The predicted molar refractivity (Wildman–Crippen MR) is 115 cm³/mol. The third-order valence-corrected chi connectivity index (χ3v) is 5.81. The van der Waals surface area contributed by atoms with Crippen molar-refractivity contribution in [2.45, 2.75) is 0 Å². The Morgan fingerprint density at radius 1 is 0.615 bits per heavy atom. The summed E-state index contributed by atoms with van der Waals surface area (Å²) in [5.41, 5.74) is 2.85. The van der Waals surface area contributed by atoms with Gasteiger partial charge < -0.3 is 0 Å². The zero-order valence-electron chi connectivity index (χ0n) is 18.6. The highest BCUT2D eigenvalue weighted by Crippen LogP contribution is 2.37. The largest absolute Gasteiger partial charge is 0.135 e. The molecule has 26 heavy (non-hydrogen) atoms. The minimum absolute atomic E-state index is 0.191. The second-order valence-corrected chi connectivity index (χ2v) is 7.55. The SMILES string of the molecule is [2H]c1c([2H])c([2H])c(-c2ccc(-c3ccc4sc5cc(Cl)ccc5c4c3)cc2)c([2H])c1[2H]. The maximum Gasteiger partial charge on any atom is 0.0629 e. The van der Waals surface area contributed by atoms with E-state index in [-0.39, 0.29) is 35.8 Å². The fraction of sp³-hybridized carbons (Fsp3) is 0. The molecule has 2 heteroatoms. The fourth-order valence-electron chi connectivity index (χ4n) is 3.15. The van der Waals surface area contributed by atoms with Gasteiger partial charge in [0, 0.05) is 25.2 Å². The standard InChI is InChI=1S/C24H15ClS/c25-20-11-12-21-22-14-19(10-13-23(22)26-24(21)15-20)18-8-6-17(7-9-18)16-4-2-1-3-5-16/h1-15H/i1D,2D,3D,4D,5D. The molecular weight excluding hydrogens is 356 g/mol. The van der Waals surface area contributed by atoms with Crippen LogP contribution in [-0.4, -0.2) is 0 Å². The highest BCUT2D eigenvalue weighted by atomic mass is 35.5. The minimum Gasteiger partial charge on any atom is -0.135 e. The van der Waals surface area contributed by atoms with Gasteiger partial charge in [-0.15, -0.1) is 11.3 Å². The smallest absolute Gasteiger partial charge is 0.0629 e. The molecule has 0 radical (unpaired) electrons. The van der Waals surface area contributed by atoms with Crippen molar-refractivity contribution in [3.05, 3.63) is 95.9 Å². The second kappa shape index (κ2) is 6.28. The van der Waals surface area contributed by atoms with Crippen LogP contribution in [0.1, 0.15) is 6.85 Å². The molecule has 0 atom stereocenters. The topological polar surface area (TPSA) is 0 Å². The van der Waals surface area contributed by atoms with Crippen molar-refractivity contribution in [3.8, 4) is 22.3 Å². The molecule has 1 heterocycles. The number of thiophene rings is 1. The Labute approximate surface area is 168 Å². The van der Waals surface area contributed by atoms with Crippen LogP contribution >= 0.6 is 22.9 Å². The van der Waals surface area contributed by atoms with Crippen molar-refractivity contribution in [1.82, 2.24) is 0 Å². The average Bonchev–Trinajstić information content (AvgIpc) is 3.13. The molecule has 4 aromatic carbocycles. The van der Waals surface area contributed by atoms with Gasteiger partial charge in [-0.25, -0.2) is 0 Å². The van der Waals surface area contributed by atoms with Gasteiger partial charge in [-0.05, 0) is 46.5 Å². The first-order valence-electron chi connectivity index (χ1n) is 10.6. The molecule has 0 saturated carbocycles. The maximum absolute atomic E-state index is 8.17. The van der Waals surface area contributed by atoms with Crippen LogP contribution in [0.5, 0.6) is 0 Å². The van der Waals surface area contributed by atoms with Gasteiger partial charge in [0.15, 0.2) is 0 Å². The van der Waals surface area contributed by atoms with Gasteiger partial charge >= 0.3 is 0 Å². The van der Waals surface area contributed by atoms with E-state index in [9.17, 15) is 0 Å². The second-order valence-electron chi connectivity index (χ2n) is 6.03. The van der Waals surface area contributed by atoms with Crippen LogP contribution in [0.4, 0.5) is 0 Å². The van der Waals surface area contributed by atoms with Crippen LogP contribution in [0.3, 0.4) is 0 Å². The lowest BCUT2D eigenvalue weighted by Gasteiger charge is -2.05. The fourth-order valence-corrected chi connectivity index (χ4v) is 4.52. The van der Waals surface area contributed by atoms with Crippen LogP contribution in [0.2, 0.25) is 5.02 Å². The van der Waals surface area contributed by atoms with Crippen LogP contribution in [-0.2, 0) is 0 Å². The molecule has 0 aliphatic rings. The predicted octanol–water partition coefficient (Wildman–Crippen LogP) is 8.04. The van der Waals surface area contributed by atoms with Crippen molar-refractivity contribution in [2.75, 3.05) is 0 Å². The van der Waals surface area contributed by atoms with E-state index in [1.165, 1.54) is 15.5 Å². The van der Waals surface area contributed by atoms with Gasteiger partial charge in [-0.1, -0.05) is 78.2 Å². The molecule has 0 bridgehead atoms. The molecule has 0 unspecified atom stereocenters. The molecule has 5 rings (SSSR count). The van der Waals surface area contributed by atoms with Gasteiger partial charge in [0.1, 0.15) is 0 Å². The van der Waals surface area contributed by atoms with Gasteiger partial charge in [0.05, 0.1) is 6.85 Å². The summed E-state index contributed by atoms with van der Waals surface area (Å²) in [6, 6.07) is 18.3. The van der Waals surface area contributed by atoms with Gasteiger partial charge in [0.25, 0.3) is 0 Å². The summed E-state index contributed by atoms with van der Waals surface area (Å²) in [7, 11) is 0. The molecule has 0 nitrogen and oxygen atoms in total. The van der Waals surface area contributed by atoms with Crippen LogP contribution in [0.15, 0.2) is 90.9 Å². The van der Waals surface area contributed by atoms with Crippen LogP contribution in [0, 0.1) is 0 Å². The van der Waals surface area contributed by atoms with E-state index in [0.717, 1.165) is 20.8 Å². The molecule has 0 aliphatic carbocycles. The minimum atomic E-state index is -0.382. The third kappa shape index (κ3) is 2.70. The molecule has 0 fully saturated rings. The summed E-state index contributed by atoms with van der Waals surface area (Å²) in [6.45, 7) is 0. The number of hydrogen-bond acceptors (Lipinski definition) is 1. The Bertz CT molecular complexity index is 1460. The molecule has 0 aliphatic heterocycles. The molecule has 5 aromatic rings. The van der Waals surface area contributed by atoms with Gasteiger partial charge in [0.2, 0.25) is 0 Å². The van der Waals surface area contributed by atoms with Crippen molar-refractivity contribution < 1.29 is 6.85 Å². The Morgan fingerprint density at radius 2 is 1.31 bits per heavy atom.